The Bertz CT molecular complexity index is 1730. The standard InChI is InChI=1S/C25H25N5O4S/c1-14(2)10-29-22-20(23(31)28(4)25(29)34)21(18-9-15(24(32)33)11-27(18)3)30(26-22)12-16-13-35-19-8-6-5-7-17(16)19/h5-9,11,13-14H,10,12H2,1-4H3,(H,32,33). The zero-order valence-electron chi connectivity index (χ0n) is 19.8. The number of thiophene rings is 1. The quantitative estimate of drug-likeness (QED) is 0.391. The highest BCUT2D eigenvalue weighted by Crippen LogP contribution is 2.31. The van der Waals surface area contributed by atoms with Gasteiger partial charge in [0.05, 0.1) is 17.8 Å². The molecule has 1 aromatic carbocycles. The second kappa shape index (κ2) is 8.38. The predicted molar refractivity (Wildman–Crippen MR) is 136 cm³/mol. The number of aryl methyl sites for hydroxylation is 1. The summed E-state index contributed by atoms with van der Waals surface area (Å²) in [6.45, 7) is 4.75. The number of carboxylic acids is 1. The van der Waals surface area contributed by atoms with Crippen molar-refractivity contribution in [3.8, 4) is 11.4 Å². The topological polar surface area (TPSA) is 104 Å². The second-order valence-electron chi connectivity index (χ2n) is 9.14. The van der Waals surface area contributed by atoms with Gasteiger partial charge in [0.1, 0.15) is 11.1 Å². The van der Waals surface area contributed by atoms with E-state index in [4.69, 9.17) is 5.10 Å². The third-order valence-electron chi connectivity index (χ3n) is 6.15. The van der Waals surface area contributed by atoms with Crippen LogP contribution in [-0.2, 0) is 27.2 Å². The van der Waals surface area contributed by atoms with E-state index in [1.165, 1.54) is 17.8 Å². The molecule has 0 amide bonds. The van der Waals surface area contributed by atoms with Gasteiger partial charge in [-0.15, -0.1) is 11.3 Å². The molecule has 1 N–H and O–H groups in total. The first-order valence-electron chi connectivity index (χ1n) is 11.2. The summed E-state index contributed by atoms with van der Waals surface area (Å²) < 4.78 is 7.17. The monoisotopic (exact) mass is 491 g/mol. The zero-order chi connectivity index (χ0) is 25.0. The molecule has 0 unspecified atom stereocenters. The van der Waals surface area contributed by atoms with Gasteiger partial charge in [-0.1, -0.05) is 32.0 Å². The number of hydrogen-bond acceptors (Lipinski definition) is 5. The molecule has 0 saturated carbocycles. The number of aromatic carboxylic acids is 1. The largest absolute Gasteiger partial charge is 0.478 e. The molecule has 0 aliphatic heterocycles. The van der Waals surface area contributed by atoms with Crippen molar-refractivity contribution in [3.05, 3.63) is 73.9 Å². The lowest BCUT2D eigenvalue weighted by atomic mass is 10.1. The predicted octanol–water partition coefficient (Wildman–Crippen LogP) is 3.52. The smallest absolute Gasteiger partial charge is 0.337 e. The van der Waals surface area contributed by atoms with Gasteiger partial charge in [-0.25, -0.2) is 9.59 Å². The van der Waals surface area contributed by atoms with Gasteiger partial charge >= 0.3 is 11.7 Å². The van der Waals surface area contributed by atoms with Crippen LogP contribution in [0.15, 0.2) is 51.5 Å². The van der Waals surface area contributed by atoms with Gasteiger partial charge in [0.25, 0.3) is 5.56 Å². The highest BCUT2D eigenvalue weighted by atomic mass is 32.1. The van der Waals surface area contributed by atoms with E-state index in [-0.39, 0.29) is 11.5 Å². The van der Waals surface area contributed by atoms with Crippen LogP contribution in [0.5, 0.6) is 0 Å². The van der Waals surface area contributed by atoms with Crippen molar-refractivity contribution in [3.63, 3.8) is 0 Å². The van der Waals surface area contributed by atoms with E-state index in [0.29, 0.717) is 35.5 Å². The van der Waals surface area contributed by atoms with E-state index in [2.05, 4.69) is 11.4 Å². The fourth-order valence-corrected chi connectivity index (χ4v) is 5.45. The lowest BCUT2D eigenvalue weighted by Gasteiger charge is -2.11. The molecular formula is C25H25N5O4S. The van der Waals surface area contributed by atoms with E-state index in [1.54, 1.807) is 33.7 Å². The van der Waals surface area contributed by atoms with Crippen molar-refractivity contribution >= 4 is 38.4 Å². The molecule has 0 saturated heterocycles. The molecule has 5 aromatic rings. The highest BCUT2D eigenvalue weighted by Gasteiger charge is 2.25. The van der Waals surface area contributed by atoms with Gasteiger partial charge in [-0.3, -0.25) is 18.6 Å². The summed E-state index contributed by atoms with van der Waals surface area (Å²) in [7, 11) is 3.20. The number of fused-ring (bicyclic) bond motifs is 2. The molecule has 180 valence electrons. The zero-order valence-corrected chi connectivity index (χ0v) is 20.7. The van der Waals surface area contributed by atoms with Crippen molar-refractivity contribution < 1.29 is 9.90 Å². The number of benzene rings is 1. The molecule has 0 aliphatic rings. The molecule has 0 fully saturated rings. The Hall–Kier alpha value is -3.92. The summed E-state index contributed by atoms with van der Waals surface area (Å²) in [5, 5.41) is 17.8. The summed E-state index contributed by atoms with van der Waals surface area (Å²) in [5.41, 5.74) is 1.59. The number of hydrogen-bond donors (Lipinski definition) is 1. The van der Waals surface area contributed by atoms with E-state index in [0.717, 1.165) is 20.2 Å². The number of carboxylic acid groups (broad SMARTS) is 1. The minimum Gasteiger partial charge on any atom is -0.478 e. The van der Waals surface area contributed by atoms with Crippen LogP contribution in [0.2, 0.25) is 0 Å². The molecule has 5 rings (SSSR count). The van der Waals surface area contributed by atoms with Crippen molar-refractivity contribution in [2.45, 2.75) is 26.9 Å². The lowest BCUT2D eigenvalue weighted by Crippen LogP contribution is -2.38. The van der Waals surface area contributed by atoms with E-state index in [1.807, 2.05) is 32.0 Å². The maximum absolute atomic E-state index is 13.4. The van der Waals surface area contributed by atoms with Crippen molar-refractivity contribution in [1.82, 2.24) is 23.5 Å². The number of nitrogens with zero attached hydrogens (tertiary/aromatic N) is 5. The SMILES string of the molecule is CC(C)Cn1c(=O)n(C)c(=O)c2c(-c3cc(C(=O)O)cn3C)n(Cc3csc4ccccc34)nc21. The molecule has 0 radical (unpaired) electrons. The Morgan fingerprint density at radius 2 is 1.91 bits per heavy atom. The Kier molecular flexibility index (Phi) is 5.47. The summed E-state index contributed by atoms with van der Waals surface area (Å²) >= 11 is 1.63. The van der Waals surface area contributed by atoms with Gasteiger partial charge in [0, 0.05) is 31.5 Å². The summed E-state index contributed by atoms with van der Waals surface area (Å²) in [5.74, 6) is -0.910. The number of aromatic nitrogens is 5. The van der Waals surface area contributed by atoms with Crippen LogP contribution in [0.25, 0.3) is 32.5 Å². The maximum Gasteiger partial charge on any atom is 0.337 e. The van der Waals surface area contributed by atoms with Gasteiger partial charge in [0.2, 0.25) is 0 Å². The second-order valence-corrected chi connectivity index (χ2v) is 10.1. The molecular weight excluding hydrogens is 466 g/mol. The number of carbonyl (C=O) groups is 1. The van der Waals surface area contributed by atoms with Gasteiger partial charge in [-0.05, 0) is 34.4 Å². The van der Waals surface area contributed by atoms with Crippen LogP contribution >= 0.6 is 11.3 Å². The molecule has 0 spiro atoms. The van der Waals surface area contributed by atoms with E-state index in [9.17, 15) is 19.5 Å². The van der Waals surface area contributed by atoms with Crippen LogP contribution < -0.4 is 11.2 Å². The fourth-order valence-electron chi connectivity index (χ4n) is 4.50. The van der Waals surface area contributed by atoms with Crippen molar-refractivity contribution in [2.75, 3.05) is 0 Å². The third kappa shape index (κ3) is 3.70. The van der Waals surface area contributed by atoms with Gasteiger partial charge in [0.15, 0.2) is 5.65 Å². The first-order chi connectivity index (χ1) is 16.7. The Morgan fingerprint density at radius 1 is 1.17 bits per heavy atom. The van der Waals surface area contributed by atoms with Gasteiger partial charge in [-0.2, -0.15) is 5.10 Å². The first kappa shape index (κ1) is 22.9. The molecule has 9 nitrogen and oxygen atoms in total. The number of rotatable bonds is 6. The third-order valence-corrected chi connectivity index (χ3v) is 7.16. The van der Waals surface area contributed by atoms with E-state index >= 15 is 0 Å². The maximum atomic E-state index is 13.4. The van der Waals surface area contributed by atoms with Crippen LogP contribution in [-0.4, -0.2) is 34.6 Å². The van der Waals surface area contributed by atoms with Crippen LogP contribution in [0.1, 0.15) is 29.8 Å². The molecule has 10 heteroatoms. The van der Waals surface area contributed by atoms with Crippen LogP contribution in [0, 0.1) is 5.92 Å². The molecule has 0 aliphatic carbocycles. The van der Waals surface area contributed by atoms with Crippen LogP contribution in [0.4, 0.5) is 0 Å². The molecule has 4 heterocycles. The van der Waals surface area contributed by atoms with Crippen LogP contribution in [0.3, 0.4) is 0 Å². The summed E-state index contributed by atoms with van der Waals surface area (Å²) in [4.78, 5) is 38.2. The minimum atomic E-state index is -1.06. The van der Waals surface area contributed by atoms with Gasteiger partial charge < -0.3 is 9.67 Å². The molecule has 0 bridgehead atoms. The van der Waals surface area contributed by atoms with Crippen molar-refractivity contribution in [1.29, 1.82) is 0 Å². The van der Waals surface area contributed by atoms with Crippen molar-refractivity contribution in [2.24, 2.45) is 20.0 Å². The summed E-state index contributed by atoms with van der Waals surface area (Å²) in [6.07, 6.45) is 1.51. The lowest BCUT2D eigenvalue weighted by molar-refractivity contribution is 0.0697. The minimum absolute atomic E-state index is 0.108. The summed E-state index contributed by atoms with van der Waals surface area (Å²) in [6, 6.07) is 9.60. The Balaban J connectivity index is 1.86. The Labute approximate surface area is 204 Å². The average molecular weight is 492 g/mol. The highest BCUT2D eigenvalue weighted by molar-refractivity contribution is 7.17. The Morgan fingerprint density at radius 3 is 2.60 bits per heavy atom. The van der Waals surface area contributed by atoms with E-state index < -0.39 is 17.2 Å². The average Bonchev–Trinajstić information content (AvgIpc) is 3.51. The molecule has 0 atom stereocenters. The molecule has 4 aromatic heterocycles. The normalized spacial score (nSPS) is 11.8. The molecule has 35 heavy (non-hydrogen) atoms. The first-order valence-corrected chi connectivity index (χ1v) is 12.1. The fraction of sp³-hybridized carbons (Fsp3) is 0.280.